The summed E-state index contributed by atoms with van der Waals surface area (Å²) in [6, 6.07) is 33.2. The number of nitrogens with zero attached hydrogens (tertiary/aromatic N) is 2. The molecular weight excluding hydrogens is 586 g/mol. The highest BCUT2D eigenvalue weighted by Crippen LogP contribution is 2.27. The van der Waals surface area contributed by atoms with Gasteiger partial charge in [0.2, 0.25) is 5.88 Å². The Hall–Kier alpha value is -5.90. The molecule has 5 rings (SSSR count). The number of nitrogens with one attached hydrogen (secondary N) is 1. The molecule has 1 N–H and O–H groups in total. The van der Waals surface area contributed by atoms with Gasteiger partial charge in [0.15, 0.2) is 0 Å². The molecule has 1 amide bonds. The van der Waals surface area contributed by atoms with Crippen LogP contribution < -0.4 is 20.3 Å². The standard InChI is InChI=1S/C36H33N3O7/c1-2-3-19-31-33(41)38(28-17-11-6-12-18-28)39(29-20-22-30(23-21-29)45-35(42)27-15-9-5-10-16-27)34(31)46-32(40)24-37-36(43)44-25-26-13-7-4-8-14-26/h4-18,20-23H,2-3,19,24-25H2,1H3,(H,37,43). The first-order chi connectivity index (χ1) is 22.4. The summed E-state index contributed by atoms with van der Waals surface area (Å²) in [5.74, 6) is -0.981. The molecule has 0 unspecified atom stereocenters. The number of carbonyl (C=O) groups is 3. The second-order valence-electron chi connectivity index (χ2n) is 10.3. The lowest BCUT2D eigenvalue weighted by molar-refractivity contribution is -0.133. The first kappa shape index (κ1) is 31.5. The van der Waals surface area contributed by atoms with Gasteiger partial charge in [-0.2, -0.15) is 0 Å². The maximum Gasteiger partial charge on any atom is 0.407 e. The van der Waals surface area contributed by atoms with Gasteiger partial charge in [0.1, 0.15) is 18.9 Å². The van der Waals surface area contributed by atoms with Crippen LogP contribution in [0.4, 0.5) is 4.79 Å². The summed E-state index contributed by atoms with van der Waals surface area (Å²) in [5.41, 5.74) is 2.19. The van der Waals surface area contributed by atoms with E-state index in [4.69, 9.17) is 14.2 Å². The molecule has 0 spiro atoms. The van der Waals surface area contributed by atoms with Crippen molar-refractivity contribution in [1.29, 1.82) is 0 Å². The third-order valence-corrected chi connectivity index (χ3v) is 6.98. The molecule has 10 heteroatoms. The zero-order valence-electron chi connectivity index (χ0n) is 25.3. The number of hydrogen-bond acceptors (Lipinski definition) is 7. The second-order valence-corrected chi connectivity index (χ2v) is 10.3. The highest BCUT2D eigenvalue weighted by molar-refractivity contribution is 5.91. The van der Waals surface area contributed by atoms with E-state index < -0.39 is 24.6 Å². The van der Waals surface area contributed by atoms with Gasteiger partial charge in [-0.05, 0) is 66.9 Å². The summed E-state index contributed by atoms with van der Waals surface area (Å²) < 4.78 is 19.5. The minimum Gasteiger partial charge on any atom is -0.445 e. The highest BCUT2D eigenvalue weighted by Gasteiger charge is 2.26. The van der Waals surface area contributed by atoms with Crippen LogP contribution in [0.3, 0.4) is 0 Å². The molecule has 0 aliphatic carbocycles. The first-order valence-electron chi connectivity index (χ1n) is 14.9. The molecule has 0 fully saturated rings. The largest absolute Gasteiger partial charge is 0.445 e. The summed E-state index contributed by atoms with van der Waals surface area (Å²) in [6.45, 7) is 1.55. The molecule has 1 aromatic heterocycles. The zero-order chi connectivity index (χ0) is 32.3. The highest BCUT2D eigenvalue weighted by atomic mass is 16.6. The van der Waals surface area contributed by atoms with E-state index in [1.807, 2.05) is 49.4 Å². The number of esters is 2. The van der Waals surface area contributed by atoms with Crippen molar-refractivity contribution in [2.45, 2.75) is 32.8 Å². The van der Waals surface area contributed by atoms with E-state index in [1.165, 1.54) is 9.36 Å². The molecule has 234 valence electrons. The molecular formula is C36H33N3O7. The Kier molecular flexibility index (Phi) is 10.4. The molecule has 46 heavy (non-hydrogen) atoms. The second kappa shape index (κ2) is 15.2. The number of amides is 1. The number of hydrogen-bond donors (Lipinski definition) is 1. The van der Waals surface area contributed by atoms with Crippen LogP contribution in [-0.2, 0) is 22.6 Å². The van der Waals surface area contributed by atoms with Gasteiger partial charge in [-0.15, -0.1) is 0 Å². The van der Waals surface area contributed by atoms with Crippen molar-refractivity contribution in [2.75, 3.05) is 6.54 Å². The van der Waals surface area contributed by atoms with Gasteiger partial charge in [0.25, 0.3) is 5.56 Å². The number of para-hydroxylation sites is 1. The molecule has 5 aromatic rings. The molecule has 1 heterocycles. The Morgan fingerprint density at radius 3 is 1.98 bits per heavy atom. The van der Waals surface area contributed by atoms with E-state index >= 15 is 0 Å². The normalized spacial score (nSPS) is 10.6. The average Bonchev–Trinajstić information content (AvgIpc) is 3.36. The molecule has 10 nitrogen and oxygen atoms in total. The smallest absolute Gasteiger partial charge is 0.407 e. The van der Waals surface area contributed by atoms with Crippen LogP contribution in [0.15, 0.2) is 120 Å². The van der Waals surface area contributed by atoms with Crippen LogP contribution in [0.25, 0.3) is 11.4 Å². The van der Waals surface area contributed by atoms with Crippen molar-refractivity contribution in [3.05, 3.63) is 142 Å². The summed E-state index contributed by atoms with van der Waals surface area (Å²) in [5, 5.41) is 2.41. The fourth-order valence-corrected chi connectivity index (χ4v) is 4.69. The monoisotopic (exact) mass is 619 g/mol. The van der Waals surface area contributed by atoms with Crippen molar-refractivity contribution >= 4 is 18.0 Å². The van der Waals surface area contributed by atoms with Gasteiger partial charge in [-0.25, -0.2) is 23.7 Å². The molecule has 0 aliphatic rings. The fraction of sp³-hybridized carbons (Fsp3) is 0.167. The van der Waals surface area contributed by atoms with Gasteiger partial charge in [0, 0.05) is 0 Å². The van der Waals surface area contributed by atoms with Crippen molar-refractivity contribution in [3.63, 3.8) is 0 Å². The number of unbranched alkanes of at least 4 members (excludes halogenated alkanes) is 1. The van der Waals surface area contributed by atoms with Gasteiger partial charge in [-0.1, -0.05) is 80.1 Å². The van der Waals surface area contributed by atoms with Crippen molar-refractivity contribution < 1.29 is 28.6 Å². The van der Waals surface area contributed by atoms with Gasteiger partial charge < -0.3 is 19.5 Å². The quantitative estimate of drug-likeness (QED) is 0.134. The fourth-order valence-electron chi connectivity index (χ4n) is 4.69. The van der Waals surface area contributed by atoms with Crippen LogP contribution in [0, 0.1) is 0 Å². The molecule has 0 atom stereocenters. The summed E-state index contributed by atoms with van der Waals surface area (Å²) >= 11 is 0. The van der Waals surface area contributed by atoms with Gasteiger partial charge in [-0.3, -0.25) is 4.79 Å². The molecule has 0 saturated heterocycles. The van der Waals surface area contributed by atoms with Crippen LogP contribution in [-0.4, -0.2) is 33.9 Å². The van der Waals surface area contributed by atoms with Crippen LogP contribution in [0.1, 0.15) is 41.3 Å². The number of ether oxygens (including phenoxy) is 3. The molecule has 0 saturated carbocycles. The van der Waals surface area contributed by atoms with E-state index in [1.54, 1.807) is 72.8 Å². The van der Waals surface area contributed by atoms with Crippen molar-refractivity contribution in [1.82, 2.24) is 14.7 Å². The Morgan fingerprint density at radius 1 is 0.717 bits per heavy atom. The SMILES string of the molecule is CCCCc1c(OC(=O)CNC(=O)OCc2ccccc2)n(-c2ccc(OC(=O)c3ccccc3)cc2)n(-c2ccccc2)c1=O. The maximum absolute atomic E-state index is 13.9. The summed E-state index contributed by atoms with van der Waals surface area (Å²) in [6.07, 6.45) is 1.06. The average molecular weight is 620 g/mol. The van der Waals surface area contributed by atoms with Gasteiger partial charge >= 0.3 is 18.0 Å². The van der Waals surface area contributed by atoms with E-state index in [-0.39, 0.29) is 18.0 Å². The maximum atomic E-state index is 13.9. The Bertz CT molecular complexity index is 1830. The van der Waals surface area contributed by atoms with E-state index in [9.17, 15) is 19.2 Å². The number of rotatable bonds is 12. The topological polar surface area (TPSA) is 118 Å². The van der Waals surface area contributed by atoms with Crippen LogP contribution in [0.5, 0.6) is 11.6 Å². The van der Waals surface area contributed by atoms with E-state index in [0.29, 0.717) is 41.1 Å². The van der Waals surface area contributed by atoms with Crippen LogP contribution >= 0.6 is 0 Å². The number of benzene rings is 4. The predicted octanol–water partition coefficient (Wildman–Crippen LogP) is 6.02. The Balaban J connectivity index is 1.43. The molecule has 4 aromatic carbocycles. The lowest BCUT2D eigenvalue weighted by atomic mass is 10.1. The number of aromatic nitrogens is 2. The van der Waals surface area contributed by atoms with Crippen molar-refractivity contribution in [3.8, 4) is 23.0 Å². The summed E-state index contributed by atoms with van der Waals surface area (Å²) in [7, 11) is 0. The molecule has 0 radical (unpaired) electrons. The summed E-state index contributed by atoms with van der Waals surface area (Å²) in [4.78, 5) is 51.9. The minimum absolute atomic E-state index is 0.0285. The Morgan fingerprint density at radius 2 is 1.33 bits per heavy atom. The van der Waals surface area contributed by atoms with Gasteiger partial charge in [0.05, 0.1) is 22.5 Å². The first-order valence-corrected chi connectivity index (χ1v) is 14.9. The van der Waals surface area contributed by atoms with Crippen molar-refractivity contribution in [2.24, 2.45) is 0 Å². The molecule has 0 aliphatic heterocycles. The third kappa shape index (κ3) is 7.78. The van der Waals surface area contributed by atoms with E-state index in [0.717, 1.165) is 12.0 Å². The number of alkyl carbamates (subject to hydrolysis) is 1. The zero-order valence-corrected chi connectivity index (χ0v) is 25.3. The van der Waals surface area contributed by atoms with Crippen LogP contribution in [0.2, 0.25) is 0 Å². The third-order valence-electron chi connectivity index (χ3n) is 6.98. The lowest BCUT2D eigenvalue weighted by Crippen LogP contribution is -2.32. The van der Waals surface area contributed by atoms with E-state index in [2.05, 4.69) is 5.32 Å². The number of carbonyl (C=O) groups excluding carboxylic acids is 3. The predicted molar refractivity (Wildman–Crippen MR) is 172 cm³/mol. The minimum atomic E-state index is -0.790. The molecule has 0 bridgehead atoms. The Labute approximate surface area is 265 Å². The lowest BCUT2D eigenvalue weighted by Gasteiger charge is -2.16.